The molecule has 0 saturated carbocycles. The van der Waals surface area contributed by atoms with Gasteiger partial charge in [0.15, 0.2) is 5.96 Å². The molecule has 4 N–H and O–H groups in total. The van der Waals surface area contributed by atoms with Gasteiger partial charge in [-0.15, -0.1) is 0 Å². The normalized spacial score (nSPS) is 15.9. The highest BCUT2D eigenvalue weighted by Crippen LogP contribution is 1.96. The van der Waals surface area contributed by atoms with Gasteiger partial charge in [0, 0.05) is 5.54 Å². The van der Waals surface area contributed by atoms with Crippen molar-refractivity contribution in [3.8, 4) is 0 Å². The van der Waals surface area contributed by atoms with Crippen LogP contribution in [0.1, 0.15) is 27.7 Å². The minimum absolute atomic E-state index is 0.0771. The maximum Gasteiger partial charge on any atom is 0.189 e. The number of nitrogens with two attached hydrogens (primary N) is 1. The van der Waals surface area contributed by atoms with Crippen LogP contribution in [-0.4, -0.2) is 29.3 Å². The summed E-state index contributed by atoms with van der Waals surface area (Å²) >= 11 is 0. The van der Waals surface area contributed by atoms with Crippen LogP contribution >= 0.6 is 0 Å². The van der Waals surface area contributed by atoms with Gasteiger partial charge in [-0.2, -0.15) is 0 Å². The van der Waals surface area contributed by atoms with E-state index in [-0.39, 0.29) is 5.54 Å². The molecule has 0 heterocycles. The third kappa shape index (κ3) is 7.34. The summed E-state index contributed by atoms with van der Waals surface area (Å²) in [6.45, 7) is 8.01. The highest BCUT2D eigenvalue weighted by molar-refractivity contribution is 5.78. The lowest BCUT2D eigenvalue weighted by Gasteiger charge is -2.21. The van der Waals surface area contributed by atoms with Crippen molar-refractivity contribution < 1.29 is 5.11 Å². The fourth-order valence-corrected chi connectivity index (χ4v) is 0.654. The van der Waals surface area contributed by atoms with Crippen molar-refractivity contribution >= 4 is 5.96 Å². The van der Waals surface area contributed by atoms with Crippen LogP contribution in [0.15, 0.2) is 4.99 Å². The first-order valence-corrected chi connectivity index (χ1v) is 4.07. The predicted octanol–water partition coefficient (Wildman–Crippen LogP) is 0.0700. The number of guanidine groups is 1. The van der Waals surface area contributed by atoms with Crippen LogP contribution in [0.25, 0.3) is 0 Å². The van der Waals surface area contributed by atoms with Gasteiger partial charge in [-0.1, -0.05) is 0 Å². The summed E-state index contributed by atoms with van der Waals surface area (Å²) in [7, 11) is 0. The van der Waals surface area contributed by atoms with Gasteiger partial charge in [0.25, 0.3) is 0 Å². The number of hydrogen-bond donors (Lipinski definition) is 3. The molecule has 4 nitrogen and oxygen atoms in total. The van der Waals surface area contributed by atoms with E-state index in [1.807, 2.05) is 20.8 Å². The van der Waals surface area contributed by atoms with E-state index < -0.39 is 6.10 Å². The van der Waals surface area contributed by atoms with Gasteiger partial charge < -0.3 is 16.2 Å². The molecule has 0 aliphatic heterocycles. The molecule has 12 heavy (non-hydrogen) atoms. The van der Waals surface area contributed by atoms with Gasteiger partial charge >= 0.3 is 0 Å². The maximum absolute atomic E-state index is 8.91. The van der Waals surface area contributed by atoms with Gasteiger partial charge in [0.2, 0.25) is 0 Å². The molecule has 0 aromatic carbocycles. The Bertz CT molecular complexity index is 158. The molecule has 0 aliphatic carbocycles. The van der Waals surface area contributed by atoms with Crippen LogP contribution in [-0.2, 0) is 0 Å². The third-order valence-corrected chi connectivity index (χ3v) is 1.03. The number of hydrogen-bond acceptors (Lipinski definition) is 2. The molecule has 72 valence electrons. The van der Waals surface area contributed by atoms with Crippen LogP contribution in [0.3, 0.4) is 0 Å². The van der Waals surface area contributed by atoms with Crippen molar-refractivity contribution in [2.24, 2.45) is 10.7 Å². The average Bonchev–Trinajstić information content (AvgIpc) is 1.79. The molecule has 1 atom stereocenters. The van der Waals surface area contributed by atoms with Crippen molar-refractivity contribution in [3.63, 3.8) is 0 Å². The summed E-state index contributed by atoms with van der Waals surface area (Å²) in [6, 6.07) is 0. The molecule has 0 aromatic rings. The molecule has 4 heteroatoms. The quantitative estimate of drug-likeness (QED) is 0.409. The lowest BCUT2D eigenvalue weighted by molar-refractivity contribution is 0.203. The highest BCUT2D eigenvalue weighted by Gasteiger charge is 2.09. The Balaban J connectivity index is 3.86. The van der Waals surface area contributed by atoms with E-state index >= 15 is 0 Å². The van der Waals surface area contributed by atoms with Crippen molar-refractivity contribution in [3.05, 3.63) is 0 Å². The summed E-state index contributed by atoms with van der Waals surface area (Å²) in [5.41, 5.74) is 5.46. The SMILES string of the molecule is C[C@H](O)CN=C(N)NC(C)(C)C. The highest BCUT2D eigenvalue weighted by atomic mass is 16.3. The molecule has 0 aromatic heterocycles. The lowest BCUT2D eigenvalue weighted by atomic mass is 10.1. The molecule has 0 rings (SSSR count). The maximum atomic E-state index is 8.91. The van der Waals surface area contributed by atoms with E-state index in [9.17, 15) is 0 Å². The second-order valence-corrected chi connectivity index (χ2v) is 3.95. The zero-order valence-electron chi connectivity index (χ0n) is 8.26. The predicted molar refractivity (Wildman–Crippen MR) is 51.1 cm³/mol. The molecule has 0 aliphatic rings. The van der Waals surface area contributed by atoms with Gasteiger partial charge in [0.1, 0.15) is 0 Å². The fraction of sp³-hybridized carbons (Fsp3) is 0.875. The van der Waals surface area contributed by atoms with E-state index in [1.165, 1.54) is 0 Å². The molecule has 0 bridgehead atoms. The molecule has 0 radical (unpaired) electrons. The standard InChI is InChI=1S/C8H19N3O/c1-6(12)5-10-7(9)11-8(2,3)4/h6,12H,5H2,1-4H3,(H3,9,10,11)/t6-/m0/s1. The smallest absolute Gasteiger partial charge is 0.189 e. The van der Waals surface area contributed by atoms with E-state index in [1.54, 1.807) is 6.92 Å². The second kappa shape index (κ2) is 4.30. The molecule has 0 fully saturated rings. The van der Waals surface area contributed by atoms with Crippen LogP contribution in [0.5, 0.6) is 0 Å². The summed E-state index contributed by atoms with van der Waals surface area (Å²) in [5, 5.41) is 11.9. The average molecular weight is 173 g/mol. The Morgan fingerprint density at radius 3 is 2.42 bits per heavy atom. The summed E-state index contributed by atoms with van der Waals surface area (Å²) in [4.78, 5) is 3.94. The monoisotopic (exact) mass is 173 g/mol. The number of rotatable bonds is 2. The van der Waals surface area contributed by atoms with Crippen molar-refractivity contribution in [2.75, 3.05) is 6.54 Å². The van der Waals surface area contributed by atoms with Crippen LogP contribution in [0, 0.1) is 0 Å². The molecular formula is C8H19N3O. The van der Waals surface area contributed by atoms with Gasteiger partial charge in [-0.25, -0.2) is 0 Å². The van der Waals surface area contributed by atoms with Gasteiger partial charge in [0.05, 0.1) is 12.6 Å². The molecule has 0 unspecified atom stereocenters. The second-order valence-electron chi connectivity index (χ2n) is 3.95. The Labute approximate surface area is 73.9 Å². The molecule has 0 spiro atoms. The van der Waals surface area contributed by atoms with Gasteiger partial charge in [-0.3, -0.25) is 4.99 Å². The van der Waals surface area contributed by atoms with E-state index in [2.05, 4.69) is 10.3 Å². The minimum Gasteiger partial charge on any atom is -0.391 e. The number of aliphatic hydroxyl groups excluding tert-OH is 1. The fourth-order valence-electron chi connectivity index (χ4n) is 0.654. The Morgan fingerprint density at radius 1 is 1.58 bits per heavy atom. The first-order chi connectivity index (χ1) is 5.31. The molecular weight excluding hydrogens is 154 g/mol. The van der Waals surface area contributed by atoms with Crippen LogP contribution in [0.2, 0.25) is 0 Å². The van der Waals surface area contributed by atoms with Crippen molar-refractivity contribution in [1.82, 2.24) is 5.32 Å². The van der Waals surface area contributed by atoms with Crippen molar-refractivity contribution in [2.45, 2.75) is 39.3 Å². The Hall–Kier alpha value is -0.770. The van der Waals surface area contributed by atoms with Crippen molar-refractivity contribution in [1.29, 1.82) is 0 Å². The number of nitrogens with zero attached hydrogens (tertiary/aromatic N) is 1. The Kier molecular flexibility index (Phi) is 4.03. The number of nitrogens with one attached hydrogen (secondary N) is 1. The topological polar surface area (TPSA) is 70.6 Å². The van der Waals surface area contributed by atoms with E-state index in [4.69, 9.17) is 10.8 Å². The molecule has 0 saturated heterocycles. The minimum atomic E-state index is -0.440. The van der Waals surface area contributed by atoms with Crippen LogP contribution in [0.4, 0.5) is 0 Å². The zero-order valence-corrected chi connectivity index (χ0v) is 8.26. The van der Waals surface area contributed by atoms with E-state index in [0.29, 0.717) is 12.5 Å². The third-order valence-electron chi connectivity index (χ3n) is 1.03. The lowest BCUT2D eigenvalue weighted by Crippen LogP contribution is -2.45. The largest absolute Gasteiger partial charge is 0.391 e. The van der Waals surface area contributed by atoms with Gasteiger partial charge in [-0.05, 0) is 27.7 Å². The summed E-state index contributed by atoms with van der Waals surface area (Å²) in [5.74, 6) is 0.378. The Morgan fingerprint density at radius 2 is 2.08 bits per heavy atom. The zero-order chi connectivity index (χ0) is 9.78. The number of aliphatic imine (C=N–C) groups is 1. The first kappa shape index (κ1) is 11.2. The first-order valence-electron chi connectivity index (χ1n) is 4.07. The van der Waals surface area contributed by atoms with E-state index in [0.717, 1.165) is 0 Å². The van der Waals surface area contributed by atoms with Crippen LogP contribution < -0.4 is 11.1 Å². The molecule has 0 amide bonds. The number of aliphatic hydroxyl groups is 1. The summed E-state index contributed by atoms with van der Waals surface area (Å²) < 4.78 is 0. The summed E-state index contributed by atoms with van der Waals surface area (Å²) in [6.07, 6.45) is -0.440.